The van der Waals surface area contributed by atoms with Crippen molar-refractivity contribution in [1.82, 2.24) is 9.78 Å². The maximum Gasteiger partial charge on any atom is 0.340 e. The zero-order valence-corrected chi connectivity index (χ0v) is 14.6. The van der Waals surface area contributed by atoms with Gasteiger partial charge in [0.15, 0.2) is 0 Å². The number of benzene rings is 2. The molecule has 0 aliphatic rings. The average molecular weight is 359 g/mol. The Balaban J connectivity index is 1.68. The zero-order chi connectivity index (χ0) is 16.9. The van der Waals surface area contributed by atoms with Crippen LogP contribution in [0.2, 0.25) is 5.02 Å². The Morgan fingerprint density at radius 1 is 1.25 bits per heavy atom. The third-order valence-corrected chi connectivity index (χ3v) is 4.48. The largest absolute Gasteiger partial charge is 0.457 e. The molecule has 1 aromatic heterocycles. The molecule has 0 radical (unpaired) electrons. The van der Waals surface area contributed by atoms with Gasteiger partial charge >= 0.3 is 5.97 Å². The van der Waals surface area contributed by atoms with Gasteiger partial charge in [-0.25, -0.2) is 9.48 Å². The third-order valence-electron chi connectivity index (χ3n) is 3.42. The molecule has 3 rings (SSSR count). The molecule has 6 heteroatoms. The second-order valence-electron chi connectivity index (χ2n) is 5.05. The molecule has 0 N–H and O–H groups in total. The molecule has 2 aromatic carbocycles. The molecule has 0 fully saturated rings. The molecule has 0 spiro atoms. The Morgan fingerprint density at radius 3 is 2.79 bits per heavy atom. The molecule has 122 valence electrons. The van der Waals surface area contributed by atoms with E-state index in [-0.39, 0.29) is 6.61 Å². The van der Waals surface area contributed by atoms with Crippen molar-refractivity contribution in [3.05, 3.63) is 77.1 Å². The molecule has 0 bridgehead atoms. The number of nitrogens with zero attached hydrogens (tertiary/aromatic N) is 2. The number of hydrogen-bond acceptors (Lipinski definition) is 4. The first kappa shape index (κ1) is 16.6. The lowest BCUT2D eigenvalue weighted by Crippen LogP contribution is -2.06. The summed E-state index contributed by atoms with van der Waals surface area (Å²) >= 11 is 7.63. The number of carbonyl (C=O) groups is 1. The van der Waals surface area contributed by atoms with Crippen LogP contribution in [0.4, 0.5) is 0 Å². The van der Waals surface area contributed by atoms with Gasteiger partial charge in [0, 0.05) is 16.7 Å². The van der Waals surface area contributed by atoms with Crippen LogP contribution < -0.4 is 0 Å². The van der Waals surface area contributed by atoms with Gasteiger partial charge in [-0.2, -0.15) is 5.10 Å². The lowest BCUT2D eigenvalue weighted by atomic mass is 10.2. The molecule has 0 saturated carbocycles. The van der Waals surface area contributed by atoms with E-state index in [0.29, 0.717) is 10.6 Å². The van der Waals surface area contributed by atoms with Crippen molar-refractivity contribution in [2.24, 2.45) is 0 Å². The second kappa shape index (κ2) is 7.55. The summed E-state index contributed by atoms with van der Waals surface area (Å²) in [4.78, 5) is 13.2. The van der Waals surface area contributed by atoms with Crippen LogP contribution in [0.25, 0.3) is 5.69 Å². The lowest BCUT2D eigenvalue weighted by Gasteiger charge is -2.06. The fourth-order valence-electron chi connectivity index (χ4n) is 2.17. The summed E-state index contributed by atoms with van der Waals surface area (Å²) in [7, 11) is 0. The minimum absolute atomic E-state index is 0.144. The molecule has 0 amide bonds. The van der Waals surface area contributed by atoms with E-state index >= 15 is 0 Å². The van der Waals surface area contributed by atoms with Gasteiger partial charge in [-0.1, -0.05) is 29.8 Å². The van der Waals surface area contributed by atoms with E-state index in [1.807, 2.05) is 48.9 Å². The molecule has 0 aliphatic carbocycles. The predicted molar refractivity (Wildman–Crippen MR) is 95.9 cm³/mol. The van der Waals surface area contributed by atoms with Crippen LogP contribution in [-0.4, -0.2) is 22.0 Å². The number of hydrogen-bond donors (Lipinski definition) is 0. The van der Waals surface area contributed by atoms with Crippen LogP contribution in [0.1, 0.15) is 15.9 Å². The maximum atomic E-state index is 12.2. The summed E-state index contributed by atoms with van der Waals surface area (Å²) in [5.41, 5.74) is 2.13. The predicted octanol–water partition coefficient (Wildman–Crippen LogP) is 4.60. The number of thioether (sulfide) groups is 1. The third kappa shape index (κ3) is 3.80. The van der Waals surface area contributed by atoms with E-state index in [2.05, 4.69) is 5.10 Å². The standard InChI is InChI=1S/C18H15ClN2O2S/c1-24-15-7-8-17(19)16(9-15)18(22)23-12-13-10-20-21(11-13)14-5-3-2-4-6-14/h2-11H,12H2,1H3. The number of esters is 1. The van der Waals surface area contributed by atoms with Crippen molar-refractivity contribution in [3.63, 3.8) is 0 Å². The zero-order valence-electron chi connectivity index (χ0n) is 13.0. The Kier molecular flexibility index (Phi) is 5.23. The highest BCUT2D eigenvalue weighted by Crippen LogP contribution is 2.24. The van der Waals surface area contributed by atoms with Crippen LogP contribution in [0.3, 0.4) is 0 Å². The monoisotopic (exact) mass is 358 g/mol. The van der Waals surface area contributed by atoms with Crippen LogP contribution in [0.5, 0.6) is 0 Å². The highest BCUT2D eigenvalue weighted by atomic mass is 35.5. The van der Waals surface area contributed by atoms with Crippen LogP contribution in [0.15, 0.2) is 65.8 Å². The Bertz CT molecular complexity index is 849. The normalized spacial score (nSPS) is 10.6. The average Bonchev–Trinajstić information content (AvgIpc) is 3.10. The molecule has 0 saturated heterocycles. The van der Waals surface area contributed by atoms with Crippen molar-refractivity contribution in [3.8, 4) is 5.69 Å². The Morgan fingerprint density at radius 2 is 2.04 bits per heavy atom. The minimum atomic E-state index is -0.441. The van der Waals surface area contributed by atoms with Crippen molar-refractivity contribution >= 4 is 29.3 Å². The summed E-state index contributed by atoms with van der Waals surface area (Å²) in [5.74, 6) is -0.441. The fraction of sp³-hybridized carbons (Fsp3) is 0.111. The SMILES string of the molecule is CSc1ccc(Cl)c(C(=O)OCc2cnn(-c3ccccc3)c2)c1. The molecular formula is C18H15ClN2O2S. The number of rotatable bonds is 5. The first-order chi connectivity index (χ1) is 11.7. The van der Waals surface area contributed by atoms with Gasteiger partial charge in [0.2, 0.25) is 0 Å². The number of halogens is 1. The van der Waals surface area contributed by atoms with Gasteiger partial charge in [0.1, 0.15) is 6.61 Å². The molecule has 1 heterocycles. The van der Waals surface area contributed by atoms with E-state index in [9.17, 15) is 4.79 Å². The van der Waals surface area contributed by atoms with E-state index in [4.69, 9.17) is 16.3 Å². The van der Waals surface area contributed by atoms with Crippen molar-refractivity contribution in [2.45, 2.75) is 11.5 Å². The van der Waals surface area contributed by atoms with E-state index in [1.165, 1.54) is 0 Å². The molecule has 3 aromatic rings. The summed E-state index contributed by atoms with van der Waals surface area (Å²) < 4.78 is 7.10. The molecule has 0 atom stereocenters. The molecular weight excluding hydrogens is 344 g/mol. The van der Waals surface area contributed by atoms with Crippen LogP contribution in [0, 0.1) is 0 Å². The van der Waals surface area contributed by atoms with Crippen molar-refractivity contribution < 1.29 is 9.53 Å². The summed E-state index contributed by atoms with van der Waals surface area (Å²) in [5, 5.41) is 4.66. The number of aromatic nitrogens is 2. The van der Waals surface area contributed by atoms with Gasteiger partial charge in [0.25, 0.3) is 0 Å². The fourth-order valence-corrected chi connectivity index (χ4v) is 2.81. The van der Waals surface area contributed by atoms with Crippen molar-refractivity contribution in [1.29, 1.82) is 0 Å². The number of carbonyl (C=O) groups excluding carboxylic acids is 1. The van der Waals surface area contributed by atoms with E-state index < -0.39 is 5.97 Å². The van der Waals surface area contributed by atoms with Crippen LogP contribution >= 0.6 is 23.4 Å². The highest BCUT2D eigenvalue weighted by Gasteiger charge is 2.13. The van der Waals surface area contributed by atoms with Gasteiger partial charge in [-0.15, -0.1) is 11.8 Å². The molecule has 4 nitrogen and oxygen atoms in total. The first-order valence-electron chi connectivity index (χ1n) is 7.27. The molecule has 0 unspecified atom stereocenters. The topological polar surface area (TPSA) is 44.1 Å². The van der Waals surface area contributed by atoms with Gasteiger partial charge in [0.05, 0.1) is 22.5 Å². The van der Waals surface area contributed by atoms with E-state index in [1.54, 1.807) is 34.8 Å². The van der Waals surface area contributed by atoms with Gasteiger partial charge in [-0.3, -0.25) is 0 Å². The summed E-state index contributed by atoms with van der Waals surface area (Å²) in [6, 6.07) is 15.1. The highest BCUT2D eigenvalue weighted by molar-refractivity contribution is 7.98. The number of ether oxygens (including phenoxy) is 1. The maximum absolute atomic E-state index is 12.2. The van der Waals surface area contributed by atoms with Crippen LogP contribution in [-0.2, 0) is 11.3 Å². The lowest BCUT2D eigenvalue weighted by molar-refractivity contribution is 0.0472. The quantitative estimate of drug-likeness (QED) is 0.493. The minimum Gasteiger partial charge on any atom is -0.457 e. The van der Waals surface area contributed by atoms with Crippen molar-refractivity contribution in [2.75, 3.05) is 6.26 Å². The Hall–Kier alpha value is -2.24. The Labute approximate surface area is 149 Å². The first-order valence-corrected chi connectivity index (χ1v) is 8.87. The molecule has 24 heavy (non-hydrogen) atoms. The smallest absolute Gasteiger partial charge is 0.340 e. The van der Waals surface area contributed by atoms with Gasteiger partial charge in [-0.05, 0) is 36.6 Å². The second-order valence-corrected chi connectivity index (χ2v) is 6.34. The van der Waals surface area contributed by atoms with E-state index in [0.717, 1.165) is 16.1 Å². The summed E-state index contributed by atoms with van der Waals surface area (Å²) in [6.07, 6.45) is 5.46. The number of para-hydroxylation sites is 1. The molecule has 0 aliphatic heterocycles. The summed E-state index contributed by atoms with van der Waals surface area (Å²) in [6.45, 7) is 0.144. The van der Waals surface area contributed by atoms with Gasteiger partial charge < -0.3 is 4.74 Å².